The fourth-order valence-electron chi connectivity index (χ4n) is 1.42. The molecular formula is C12H9FN2OS. The molecule has 0 aliphatic rings. The summed E-state index contributed by atoms with van der Waals surface area (Å²) in [6, 6.07) is 7.46. The normalized spacial score (nSPS) is 12.1. The second kappa shape index (κ2) is 4.52. The molecule has 0 saturated carbocycles. The highest BCUT2D eigenvalue weighted by Gasteiger charge is 2.12. The minimum Gasteiger partial charge on any atom is -0.336 e. The zero-order chi connectivity index (χ0) is 12.4. The van der Waals surface area contributed by atoms with Crippen LogP contribution < -0.4 is 5.32 Å². The SMILES string of the molecule is CC(C#N)NC(=O)c1cc2ccc(F)cc2s1. The number of carbonyl (C=O) groups is 1. The van der Waals surface area contributed by atoms with Crippen molar-refractivity contribution in [1.29, 1.82) is 5.26 Å². The maximum absolute atomic E-state index is 13.0. The van der Waals surface area contributed by atoms with E-state index < -0.39 is 6.04 Å². The van der Waals surface area contributed by atoms with Gasteiger partial charge in [-0.1, -0.05) is 6.07 Å². The number of hydrogen-bond acceptors (Lipinski definition) is 3. The fraction of sp³-hybridized carbons (Fsp3) is 0.167. The molecule has 1 aromatic carbocycles. The van der Waals surface area contributed by atoms with Gasteiger partial charge in [-0.3, -0.25) is 4.79 Å². The van der Waals surface area contributed by atoms with Gasteiger partial charge < -0.3 is 5.32 Å². The van der Waals surface area contributed by atoms with Crippen molar-refractivity contribution in [2.75, 3.05) is 0 Å². The van der Waals surface area contributed by atoms with Gasteiger partial charge in [0, 0.05) is 4.70 Å². The number of rotatable bonds is 2. The van der Waals surface area contributed by atoms with E-state index in [2.05, 4.69) is 5.32 Å². The summed E-state index contributed by atoms with van der Waals surface area (Å²) in [4.78, 5) is 12.2. The molecule has 2 aromatic rings. The highest BCUT2D eigenvalue weighted by molar-refractivity contribution is 7.20. The minimum absolute atomic E-state index is 0.305. The zero-order valence-corrected chi connectivity index (χ0v) is 9.84. The summed E-state index contributed by atoms with van der Waals surface area (Å²) in [6.45, 7) is 1.60. The third kappa shape index (κ3) is 2.43. The molecule has 1 unspecified atom stereocenters. The number of benzene rings is 1. The topological polar surface area (TPSA) is 52.9 Å². The molecule has 1 N–H and O–H groups in total. The standard InChI is InChI=1S/C12H9FN2OS/c1-7(6-14)15-12(16)11-4-8-2-3-9(13)5-10(8)17-11/h2-5,7H,1H3,(H,15,16). The van der Waals surface area contributed by atoms with Crippen LogP contribution in [-0.2, 0) is 0 Å². The van der Waals surface area contributed by atoms with Crippen LogP contribution in [0.3, 0.4) is 0 Å². The molecule has 0 spiro atoms. The van der Waals surface area contributed by atoms with E-state index >= 15 is 0 Å². The van der Waals surface area contributed by atoms with Crippen LogP contribution in [0.25, 0.3) is 10.1 Å². The summed E-state index contributed by atoms with van der Waals surface area (Å²) in [7, 11) is 0. The lowest BCUT2D eigenvalue weighted by Gasteiger charge is -2.03. The summed E-state index contributed by atoms with van der Waals surface area (Å²) >= 11 is 1.21. The van der Waals surface area contributed by atoms with E-state index in [1.165, 1.54) is 23.5 Å². The van der Waals surface area contributed by atoms with Gasteiger partial charge in [0.15, 0.2) is 0 Å². The number of nitrogens with zero attached hydrogens (tertiary/aromatic N) is 1. The zero-order valence-electron chi connectivity index (χ0n) is 9.03. The average Bonchev–Trinajstić information content (AvgIpc) is 2.71. The molecule has 0 aliphatic carbocycles. The van der Waals surface area contributed by atoms with Crippen molar-refractivity contribution >= 4 is 27.3 Å². The average molecular weight is 248 g/mol. The second-order valence-corrected chi connectivity index (χ2v) is 4.70. The van der Waals surface area contributed by atoms with Gasteiger partial charge in [-0.2, -0.15) is 5.26 Å². The number of thiophene rings is 1. The number of amides is 1. The molecule has 1 atom stereocenters. The Morgan fingerprint density at radius 3 is 3.00 bits per heavy atom. The molecule has 86 valence electrons. The van der Waals surface area contributed by atoms with Crippen molar-refractivity contribution < 1.29 is 9.18 Å². The monoisotopic (exact) mass is 248 g/mol. The first-order chi connectivity index (χ1) is 8.10. The van der Waals surface area contributed by atoms with Gasteiger partial charge in [0.05, 0.1) is 10.9 Å². The highest BCUT2D eigenvalue weighted by Crippen LogP contribution is 2.26. The predicted molar refractivity (Wildman–Crippen MR) is 64.3 cm³/mol. The Labute approximate surface area is 101 Å². The van der Waals surface area contributed by atoms with E-state index in [0.29, 0.717) is 4.88 Å². The third-order valence-electron chi connectivity index (χ3n) is 2.25. The number of nitrogens with one attached hydrogen (secondary N) is 1. The number of hydrogen-bond donors (Lipinski definition) is 1. The Hall–Kier alpha value is -1.93. The largest absolute Gasteiger partial charge is 0.336 e. The van der Waals surface area contributed by atoms with Crippen LogP contribution in [0.2, 0.25) is 0 Å². The molecule has 0 bridgehead atoms. The molecule has 3 nitrogen and oxygen atoms in total. The molecule has 17 heavy (non-hydrogen) atoms. The number of nitriles is 1. The van der Waals surface area contributed by atoms with Crippen molar-refractivity contribution in [2.45, 2.75) is 13.0 Å². The van der Waals surface area contributed by atoms with Crippen molar-refractivity contribution in [3.63, 3.8) is 0 Å². The Balaban J connectivity index is 2.31. The van der Waals surface area contributed by atoms with Crippen molar-refractivity contribution in [1.82, 2.24) is 5.32 Å². The Kier molecular flexibility index (Phi) is 3.07. The first kappa shape index (κ1) is 11.6. The third-order valence-corrected chi connectivity index (χ3v) is 3.34. The molecule has 5 heteroatoms. The van der Waals surface area contributed by atoms with Crippen molar-refractivity contribution in [3.8, 4) is 6.07 Å². The Morgan fingerprint density at radius 1 is 1.53 bits per heavy atom. The number of carbonyl (C=O) groups excluding carboxylic acids is 1. The van der Waals surface area contributed by atoms with Gasteiger partial charge in [-0.25, -0.2) is 4.39 Å². The molecule has 0 aliphatic heterocycles. The molecule has 1 amide bonds. The van der Waals surface area contributed by atoms with E-state index in [0.717, 1.165) is 10.1 Å². The lowest BCUT2D eigenvalue weighted by molar-refractivity contribution is 0.0952. The smallest absolute Gasteiger partial charge is 0.262 e. The van der Waals surface area contributed by atoms with Gasteiger partial charge in [0.25, 0.3) is 5.91 Å². The Bertz CT molecular complexity index is 614. The van der Waals surface area contributed by atoms with Crippen LogP contribution in [0, 0.1) is 17.1 Å². The highest BCUT2D eigenvalue weighted by atomic mass is 32.1. The molecule has 0 fully saturated rings. The molecule has 0 saturated heterocycles. The number of fused-ring (bicyclic) bond motifs is 1. The molecule has 0 radical (unpaired) electrons. The summed E-state index contributed by atoms with van der Waals surface area (Å²) < 4.78 is 13.7. The summed E-state index contributed by atoms with van der Waals surface area (Å²) in [6.07, 6.45) is 0. The quantitative estimate of drug-likeness (QED) is 0.888. The second-order valence-electron chi connectivity index (χ2n) is 3.62. The molecule has 1 aromatic heterocycles. The summed E-state index contributed by atoms with van der Waals surface area (Å²) in [5.41, 5.74) is 0. The summed E-state index contributed by atoms with van der Waals surface area (Å²) in [5.74, 6) is -0.627. The maximum atomic E-state index is 13.0. The van der Waals surface area contributed by atoms with E-state index in [1.54, 1.807) is 19.1 Å². The van der Waals surface area contributed by atoms with Crippen LogP contribution in [0.5, 0.6) is 0 Å². The first-order valence-electron chi connectivity index (χ1n) is 5.00. The lowest BCUT2D eigenvalue weighted by Crippen LogP contribution is -2.30. The molecule has 2 rings (SSSR count). The summed E-state index contributed by atoms with van der Waals surface area (Å²) in [5, 5.41) is 12.0. The van der Waals surface area contributed by atoms with Gasteiger partial charge in [0.2, 0.25) is 0 Å². The van der Waals surface area contributed by atoms with Gasteiger partial charge in [-0.05, 0) is 30.5 Å². The minimum atomic E-state index is -0.538. The van der Waals surface area contributed by atoms with Gasteiger partial charge in [-0.15, -0.1) is 11.3 Å². The van der Waals surface area contributed by atoms with Crippen LogP contribution in [0.4, 0.5) is 4.39 Å². The van der Waals surface area contributed by atoms with Crippen molar-refractivity contribution in [3.05, 3.63) is 35.0 Å². The molecular weight excluding hydrogens is 239 g/mol. The van der Waals surface area contributed by atoms with E-state index in [9.17, 15) is 9.18 Å². The van der Waals surface area contributed by atoms with E-state index in [-0.39, 0.29) is 11.7 Å². The molecule has 1 heterocycles. The number of halogens is 1. The van der Waals surface area contributed by atoms with Crippen LogP contribution in [0.1, 0.15) is 16.6 Å². The lowest BCUT2D eigenvalue weighted by atomic mass is 10.2. The fourth-order valence-corrected chi connectivity index (χ4v) is 2.41. The van der Waals surface area contributed by atoms with Gasteiger partial charge >= 0.3 is 0 Å². The Morgan fingerprint density at radius 2 is 2.29 bits per heavy atom. The predicted octanol–water partition coefficient (Wildman–Crippen LogP) is 2.68. The van der Waals surface area contributed by atoms with Crippen LogP contribution in [0.15, 0.2) is 24.3 Å². The van der Waals surface area contributed by atoms with Crippen molar-refractivity contribution in [2.24, 2.45) is 0 Å². The van der Waals surface area contributed by atoms with Crippen LogP contribution in [-0.4, -0.2) is 11.9 Å². The van der Waals surface area contributed by atoms with E-state index in [1.807, 2.05) is 6.07 Å². The maximum Gasteiger partial charge on any atom is 0.262 e. The first-order valence-corrected chi connectivity index (χ1v) is 5.81. The van der Waals surface area contributed by atoms with E-state index in [4.69, 9.17) is 5.26 Å². The van der Waals surface area contributed by atoms with Gasteiger partial charge in [0.1, 0.15) is 11.9 Å². The van der Waals surface area contributed by atoms with Crippen LogP contribution >= 0.6 is 11.3 Å².